The molecule has 22 heavy (non-hydrogen) atoms. The van der Waals surface area contributed by atoms with Gasteiger partial charge in [0, 0.05) is 6.92 Å². The molecule has 0 amide bonds. The Morgan fingerprint density at radius 2 is 1.91 bits per heavy atom. The molecule has 0 unspecified atom stereocenters. The lowest BCUT2D eigenvalue weighted by Crippen LogP contribution is -2.06. The van der Waals surface area contributed by atoms with E-state index in [9.17, 15) is 9.59 Å². The second kappa shape index (κ2) is 7.41. The minimum absolute atomic E-state index is 0.0732. The van der Waals surface area contributed by atoms with Gasteiger partial charge in [0.25, 0.3) is 0 Å². The number of hydrogen-bond donors (Lipinski definition) is 0. The van der Waals surface area contributed by atoms with Gasteiger partial charge in [-0.05, 0) is 54.7 Å². The topological polar surface area (TPSA) is 76.4 Å². The minimum atomic E-state index is -0.677. The van der Waals surface area contributed by atoms with Gasteiger partial charge in [0.1, 0.15) is 18.2 Å². The van der Waals surface area contributed by atoms with Crippen LogP contribution in [0.15, 0.2) is 11.6 Å². The number of carbonyl (C=O) groups is 2. The first-order valence-electron chi connectivity index (χ1n) is 6.75. The summed E-state index contributed by atoms with van der Waals surface area (Å²) in [7, 11) is 1.23. The summed E-state index contributed by atoms with van der Waals surface area (Å²) in [6.07, 6.45) is 1.51. The SMILES string of the molecule is COC(=O)/C(C#N)=C/c1c(C)cc(C)c(COC(C)=O)c1C. The number of carbonyl (C=O) groups excluding carboxylic acids is 2. The summed E-state index contributed by atoms with van der Waals surface area (Å²) >= 11 is 0. The van der Waals surface area contributed by atoms with Crippen molar-refractivity contribution in [3.8, 4) is 6.07 Å². The average molecular weight is 301 g/mol. The fraction of sp³-hybridized carbons (Fsp3) is 0.353. The van der Waals surface area contributed by atoms with Crippen LogP contribution in [0, 0.1) is 32.1 Å². The molecule has 0 fully saturated rings. The molecular weight excluding hydrogens is 282 g/mol. The molecule has 0 spiro atoms. The molecule has 1 rings (SSSR count). The third-order valence-electron chi connectivity index (χ3n) is 3.42. The Morgan fingerprint density at radius 1 is 1.27 bits per heavy atom. The maximum absolute atomic E-state index is 11.6. The van der Waals surface area contributed by atoms with Gasteiger partial charge in [-0.25, -0.2) is 4.79 Å². The molecular formula is C17H19NO4. The van der Waals surface area contributed by atoms with E-state index in [4.69, 9.17) is 10.00 Å². The molecule has 0 atom stereocenters. The number of nitrogens with zero attached hydrogens (tertiary/aromatic N) is 1. The van der Waals surface area contributed by atoms with Crippen LogP contribution in [0.4, 0.5) is 0 Å². The molecule has 0 N–H and O–H groups in total. The Balaban J connectivity index is 3.40. The van der Waals surface area contributed by atoms with Crippen molar-refractivity contribution in [1.29, 1.82) is 5.26 Å². The van der Waals surface area contributed by atoms with Crippen LogP contribution in [-0.4, -0.2) is 19.0 Å². The summed E-state index contributed by atoms with van der Waals surface area (Å²) in [4.78, 5) is 22.6. The zero-order chi connectivity index (χ0) is 16.9. The van der Waals surface area contributed by atoms with E-state index in [0.29, 0.717) is 0 Å². The number of benzene rings is 1. The smallest absolute Gasteiger partial charge is 0.348 e. The highest BCUT2D eigenvalue weighted by molar-refractivity contribution is 5.98. The number of esters is 2. The van der Waals surface area contributed by atoms with E-state index < -0.39 is 5.97 Å². The molecule has 0 aliphatic heterocycles. The first-order valence-corrected chi connectivity index (χ1v) is 6.75. The second-order valence-corrected chi connectivity index (χ2v) is 4.97. The van der Waals surface area contributed by atoms with E-state index in [1.165, 1.54) is 20.1 Å². The van der Waals surface area contributed by atoms with Gasteiger partial charge in [0.05, 0.1) is 7.11 Å². The molecule has 0 heterocycles. The van der Waals surface area contributed by atoms with Gasteiger partial charge in [0.15, 0.2) is 0 Å². The van der Waals surface area contributed by atoms with E-state index in [0.717, 1.165) is 27.8 Å². The van der Waals surface area contributed by atoms with Gasteiger partial charge in [-0.3, -0.25) is 4.79 Å². The van der Waals surface area contributed by atoms with Crippen LogP contribution in [-0.2, 0) is 25.7 Å². The van der Waals surface area contributed by atoms with E-state index >= 15 is 0 Å². The largest absolute Gasteiger partial charge is 0.465 e. The summed E-state index contributed by atoms with van der Waals surface area (Å²) in [5.41, 5.74) is 4.35. The quantitative estimate of drug-likeness (QED) is 0.485. The molecule has 5 heteroatoms. The highest BCUT2D eigenvalue weighted by atomic mass is 16.5. The first kappa shape index (κ1) is 17.4. The number of nitriles is 1. The van der Waals surface area contributed by atoms with E-state index in [1.54, 1.807) is 0 Å². The first-order chi connectivity index (χ1) is 10.3. The van der Waals surface area contributed by atoms with Crippen molar-refractivity contribution in [2.75, 3.05) is 7.11 Å². The summed E-state index contributed by atoms with van der Waals surface area (Å²) < 4.78 is 9.66. The highest BCUT2D eigenvalue weighted by Crippen LogP contribution is 2.25. The van der Waals surface area contributed by atoms with Gasteiger partial charge >= 0.3 is 11.9 Å². The Bertz CT molecular complexity index is 681. The summed E-state index contributed by atoms with van der Waals surface area (Å²) in [5.74, 6) is -1.04. The van der Waals surface area contributed by atoms with Crippen LogP contribution in [0.5, 0.6) is 0 Å². The minimum Gasteiger partial charge on any atom is -0.465 e. The molecule has 0 saturated heterocycles. The number of rotatable bonds is 4. The molecule has 0 aliphatic rings. The van der Waals surface area contributed by atoms with Crippen molar-refractivity contribution >= 4 is 18.0 Å². The van der Waals surface area contributed by atoms with Crippen LogP contribution >= 0.6 is 0 Å². The van der Waals surface area contributed by atoms with Crippen LogP contribution in [0.2, 0.25) is 0 Å². The molecule has 0 radical (unpaired) electrons. The summed E-state index contributed by atoms with van der Waals surface area (Å²) in [6, 6.07) is 3.78. The third kappa shape index (κ3) is 3.95. The van der Waals surface area contributed by atoms with Crippen molar-refractivity contribution < 1.29 is 19.1 Å². The van der Waals surface area contributed by atoms with Crippen LogP contribution in [0.25, 0.3) is 6.08 Å². The highest BCUT2D eigenvalue weighted by Gasteiger charge is 2.14. The third-order valence-corrected chi connectivity index (χ3v) is 3.42. The molecule has 0 bridgehead atoms. The predicted molar refractivity (Wildman–Crippen MR) is 81.7 cm³/mol. The lowest BCUT2D eigenvalue weighted by molar-refractivity contribution is -0.142. The van der Waals surface area contributed by atoms with E-state index in [2.05, 4.69) is 4.74 Å². The number of hydrogen-bond acceptors (Lipinski definition) is 5. The molecule has 0 aromatic heterocycles. The normalized spacial score (nSPS) is 10.8. The summed E-state index contributed by atoms with van der Waals surface area (Å²) in [5, 5.41) is 9.08. The van der Waals surface area contributed by atoms with E-state index in [-0.39, 0.29) is 18.1 Å². The Morgan fingerprint density at radius 3 is 2.41 bits per heavy atom. The molecule has 1 aromatic carbocycles. The lowest BCUT2D eigenvalue weighted by atomic mass is 9.92. The van der Waals surface area contributed by atoms with Crippen LogP contribution < -0.4 is 0 Å². The molecule has 5 nitrogen and oxygen atoms in total. The Kier molecular flexibility index (Phi) is 5.88. The average Bonchev–Trinajstić information content (AvgIpc) is 2.45. The van der Waals surface area contributed by atoms with Crippen molar-refractivity contribution in [3.05, 3.63) is 39.5 Å². The van der Waals surface area contributed by atoms with Crippen molar-refractivity contribution in [2.24, 2.45) is 0 Å². The van der Waals surface area contributed by atoms with Gasteiger partial charge < -0.3 is 9.47 Å². The standard InChI is InChI=1S/C17H19NO4/c1-10-6-11(2)16(9-22-13(4)19)12(3)15(10)7-14(8-18)17(20)21-5/h6-7H,9H2,1-5H3/b14-7+. The lowest BCUT2D eigenvalue weighted by Gasteiger charge is -2.15. The van der Waals surface area contributed by atoms with Gasteiger partial charge in [-0.1, -0.05) is 6.07 Å². The predicted octanol–water partition coefficient (Wildman–Crippen LogP) is 2.75. The monoisotopic (exact) mass is 301 g/mol. The van der Waals surface area contributed by atoms with Crippen molar-refractivity contribution in [1.82, 2.24) is 0 Å². The van der Waals surface area contributed by atoms with Crippen LogP contribution in [0.1, 0.15) is 34.7 Å². The van der Waals surface area contributed by atoms with Crippen molar-refractivity contribution in [2.45, 2.75) is 34.3 Å². The Labute approximate surface area is 130 Å². The van der Waals surface area contributed by atoms with Crippen molar-refractivity contribution in [3.63, 3.8) is 0 Å². The molecule has 116 valence electrons. The number of aryl methyl sites for hydroxylation is 2. The summed E-state index contributed by atoms with van der Waals surface area (Å²) in [6.45, 7) is 7.21. The van der Waals surface area contributed by atoms with Gasteiger partial charge in [0.2, 0.25) is 0 Å². The van der Waals surface area contributed by atoms with Gasteiger partial charge in [-0.2, -0.15) is 5.26 Å². The molecule has 0 aliphatic carbocycles. The second-order valence-electron chi connectivity index (χ2n) is 4.97. The van der Waals surface area contributed by atoms with Gasteiger partial charge in [-0.15, -0.1) is 0 Å². The zero-order valence-electron chi connectivity index (χ0n) is 13.4. The number of ether oxygens (including phenoxy) is 2. The molecule has 1 aromatic rings. The Hall–Kier alpha value is -2.61. The fourth-order valence-corrected chi connectivity index (χ4v) is 2.25. The fourth-order valence-electron chi connectivity index (χ4n) is 2.25. The number of methoxy groups -OCH3 is 1. The van der Waals surface area contributed by atoms with Crippen LogP contribution in [0.3, 0.4) is 0 Å². The molecule has 0 saturated carbocycles. The zero-order valence-corrected chi connectivity index (χ0v) is 13.4. The van der Waals surface area contributed by atoms with E-state index in [1.807, 2.05) is 32.9 Å². The maximum Gasteiger partial charge on any atom is 0.348 e. The maximum atomic E-state index is 11.6.